The van der Waals surface area contributed by atoms with E-state index in [-0.39, 0.29) is 84.0 Å². The van der Waals surface area contributed by atoms with Crippen LogP contribution in [0.5, 0.6) is 0 Å². The zero-order valence-electron chi connectivity index (χ0n) is 47.3. The number of hydrogen-bond acceptors (Lipinski definition) is 18. The molecule has 0 aliphatic carbocycles. The van der Waals surface area contributed by atoms with Gasteiger partial charge in [-0.3, -0.25) is 33.3 Å². The lowest BCUT2D eigenvalue weighted by Gasteiger charge is -2.41. The highest BCUT2D eigenvalue weighted by Crippen LogP contribution is 2.37. The van der Waals surface area contributed by atoms with Crippen LogP contribution in [-0.4, -0.2) is 184 Å². The van der Waals surface area contributed by atoms with E-state index in [1.165, 1.54) is 53.1 Å². The number of amides is 6. The van der Waals surface area contributed by atoms with E-state index in [9.17, 15) is 38.4 Å². The van der Waals surface area contributed by atoms with Crippen molar-refractivity contribution in [2.24, 2.45) is 23.7 Å². The zero-order chi connectivity index (χ0) is 58.7. The Morgan fingerprint density at radius 1 is 0.823 bits per heavy atom. The van der Waals surface area contributed by atoms with Gasteiger partial charge in [0.2, 0.25) is 47.1 Å². The standard InChI is InChI=1S/C52H81N12O12PS2/c1-13-32(6)45(38(75-11)26-42(67)64-23-17-20-37(64)47(76-12)33(7)50(69)55-34(8)46(68)35-18-15-14-16-19-35)63(10)52(71)43(30(2)3)57-51(70)44(31(4)5)62(9)41(66)22-25-79-78-24-21-40(65)56-36-27-53-48(54-28-36)49-60-58-39(59-61-49)29-77(72,73)74/h14-16,18-19,27-28,30-34,37-38,43-47,68H,13,17,20-26,29H2,1-12H3,(H,55,69)(H,56,65)(H,57,70)(H2,72,73,74)/t32?,33?,34?,37-,38?,43?,44?,45?,46?,47?/m0/s1. The molecular weight excluding hydrogens is 1080 g/mol. The lowest BCUT2D eigenvalue weighted by Crippen LogP contribution is -2.60. The molecule has 0 radical (unpaired) electrons. The number of nitrogens with one attached hydrogen (secondary N) is 3. The van der Waals surface area contributed by atoms with Gasteiger partial charge in [0.25, 0.3) is 0 Å². The maximum absolute atomic E-state index is 14.7. The molecule has 0 bridgehead atoms. The Kier molecular flexibility index (Phi) is 26.6. The Labute approximate surface area is 471 Å². The van der Waals surface area contributed by atoms with Crippen molar-refractivity contribution in [1.82, 2.24) is 55.7 Å². The van der Waals surface area contributed by atoms with Gasteiger partial charge in [-0.1, -0.05) is 107 Å². The summed E-state index contributed by atoms with van der Waals surface area (Å²) in [6.45, 7) is 15.3. The number of carbonyl (C=O) groups excluding carboxylic acids is 6. The minimum absolute atomic E-state index is 0.0387. The van der Waals surface area contributed by atoms with Crippen molar-refractivity contribution in [2.75, 3.05) is 51.7 Å². The Balaban J connectivity index is 1.30. The number of likely N-dealkylation sites (tertiary alicyclic amines) is 1. The smallest absolute Gasteiger partial charge is 0.333 e. The average molecular weight is 1160 g/mol. The van der Waals surface area contributed by atoms with Crippen LogP contribution in [0.3, 0.4) is 0 Å². The SMILES string of the molecule is CCC(C)C(C(CC(=O)N1CCC[C@H]1C(OC)C(C)C(=O)NC(C)C(O)c1ccccc1)OC)N(C)C(=O)C(NC(=O)C(C(C)C)N(C)C(=O)CCSSCCC(=O)Nc1cnc(-c2nnc(CP(=O)(O)O)nn2)nc1)C(C)C. The van der Waals surface area contributed by atoms with Crippen LogP contribution in [0.15, 0.2) is 42.7 Å². The molecule has 1 aromatic carbocycles. The Morgan fingerprint density at radius 2 is 1.44 bits per heavy atom. The summed E-state index contributed by atoms with van der Waals surface area (Å²) < 4.78 is 23.2. The first-order chi connectivity index (χ1) is 37.3. The molecule has 6 N–H and O–H groups in total. The van der Waals surface area contributed by atoms with Crippen molar-refractivity contribution < 1.29 is 57.7 Å². The number of aromatic nitrogens is 6. The largest absolute Gasteiger partial charge is 0.386 e. The minimum atomic E-state index is -4.39. The van der Waals surface area contributed by atoms with E-state index in [4.69, 9.17) is 19.3 Å². The first-order valence-electron chi connectivity index (χ1n) is 26.5. The van der Waals surface area contributed by atoms with Crippen LogP contribution in [0.1, 0.15) is 111 Å². The maximum Gasteiger partial charge on any atom is 0.333 e. The first kappa shape index (κ1) is 66.3. The highest BCUT2D eigenvalue weighted by Gasteiger charge is 2.44. The second-order valence-electron chi connectivity index (χ2n) is 20.6. The molecular formula is C52H81N12O12PS2. The quantitative estimate of drug-likeness (QED) is 0.0297. The summed E-state index contributed by atoms with van der Waals surface area (Å²) >= 11 is 0. The van der Waals surface area contributed by atoms with Crippen LogP contribution in [0.4, 0.5) is 5.69 Å². The van der Waals surface area contributed by atoms with Gasteiger partial charge in [-0.2, -0.15) is 0 Å². The fraction of sp³-hybridized carbons (Fsp3) is 0.654. The molecule has 3 aromatic rings. The number of ether oxygens (including phenoxy) is 2. The second kappa shape index (κ2) is 31.7. The van der Waals surface area contributed by atoms with E-state index in [0.29, 0.717) is 48.6 Å². The number of methoxy groups -OCH3 is 2. The average Bonchev–Trinajstić information content (AvgIpc) is 3.92. The van der Waals surface area contributed by atoms with Crippen molar-refractivity contribution in [1.29, 1.82) is 0 Å². The number of rotatable bonds is 31. The van der Waals surface area contributed by atoms with E-state index >= 15 is 0 Å². The third-order valence-electron chi connectivity index (χ3n) is 14.1. The van der Waals surface area contributed by atoms with Gasteiger partial charge in [0, 0.05) is 59.2 Å². The fourth-order valence-corrected chi connectivity index (χ4v) is 12.1. The summed E-state index contributed by atoms with van der Waals surface area (Å²) in [4.78, 5) is 114. The number of benzene rings is 1. The van der Waals surface area contributed by atoms with Crippen molar-refractivity contribution in [3.05, 3.63) is 54.1 Å². The first-order valence-corrected chi connectivity index (χ1v) is 30.8. The lowest BCUT2D eigenvalue weighted by molar-refractivity contribution is -0.148. The van der Waals surface area contributed by atoms with Crippen LogP contribution in [0, 0.1) is 23.7 Å². The van der Waals surface area contributed by atoms with Crippen LogP contribution in [0.25, 0.3) is 11.6 Å². The van der Waals surface area contributed by atoms with E-state index < -0.39 is 74.1 Å². The molecule has 6 amide bonds. The van der Waals surface area contributed by atoms with Crippen molar-refractivity contribution in [2.45, 2.75) is 149 Å². The molecule has 438 valence electrons. The van der Waals surface area contributed by atoms with E-state index in [2.05, 4.69) is 46.3 Å². The maximum atomic E-state index is 14.7. The summed E-state index contributed by atoms with van der Waals surface area (Å²) in [6, 6.07) is 5.64. The number of anilines is 1. The number of likely N-dealkylation sites (N-methyl/N-ethyl adjacent to an activating group) is 2. The summed E-state index contributed by atoms with van der Waals surface area (Å²) in [6.07, 6.45) is 1.85. The molecule has 0 saturated carbocycles. The number of hydrogen-bond donors (Lipinski definition) is 6. The van der Waals surface area contributed by atoms with E-state index in [0.717, 1.165) is 0 Å². The summed E-state index contributed by atoms with van der Waals surface area (Å²) in [5, 5.41) is 34.3. The van der Waals surface area contributed by atoms with Crippen molar-refractivity contribution >= 4 is 70.3 Å². The highest BCUT2D eigenvalue weighted by molar-refractivity contribution is 8.76. The number of carbonyl (C=O) groups is 6. The molecule has 3 heterocycles. The number of aliphatic hydroxyl groups is 1. The summed E-state index contributed by atoms with van der Waals surface area (Å²) in [7, 11) is 4.71. The molecule has 9 unspecified atom stereocenters. The number of aliphatic hydroxyl groups excluding tert-OH is 1. The lowest BCUT2D eigenvalue weighted by atomic mass is 9.89. The monoisotopic (exact) mass is 1160 g/mol. The van der Waals surface area contributed by atoms with Gasteiger partial charge < -0.3 is 55.0 Å². The van der Waals surface area contributed by atoms with Crippen LogP contribution < -0.4 is 16.0 Å². The molecule has 79 heavy (non-hydrogen) atoms. The summed E-state index contributed by atoms with van der Waals surface area (Å²) in [5.74, 6) is -2.83. The highest BCUT2D eigenvalue weighted by atomic mass is 33.1. The van der Waals surface area contributed by atoms with Crippen LogP contribution >= 0.6 is 29.2 Å². The number of nitrogens with zero attached hydrogens (tertiary/aromatic N) is 9. The van der Waals surface area contributed by atoms with E-state index in [1.54, 1.807) is 49.9 Å². The van der Waals surface area contributed by atoms with Gasteiger partial charge in [0.15, 0.2) is 5.82 Å². The summed E-state index contributed by atoms with van der Waals surface area (Å²) in [5.41, 5.74) is 0.990. The molecule has 1 aliphatic rings. The van der Waals surface area contributed by atoms with Gasteiger partial charge in [0.1, 0.15) is 18.2 Å². The van der Waals surface area contributed by atoms with Crippen LogP contribution in [0.2, 0.25) is 0 Å². The topological polar surface area (TPSA) is 322 Å². The Bertz CT molecular complexity index is 2500. The van der Waals surface area contributed by atoms with Crippen molar-refractivity contribution in [3.8, 4) is 11.6 Å². The third-order valence-corrected chi connectivity index (χ3v) is 17.2. The second-order valence-corrected chi connectivity index (χ2v) is 25.0. The molecule has 24 nitrogen and oxygen atoms in total. The molecule has 2 aromatic heterocycles. The van der Waals surface area contributed by atoms with E-state index in [1.807, 2.05) is 59.7 Å². The fourth-order valence-electron chi connectivity index (χ4n) is 9.61. The molecule has 0 spiro atoms. The Morgan fingerprint density at radius 3 is 2.00 bits per heavy atom. The molecule has 1 fully saturated rings. The molecule has 4 rings (SSSR count). The normalized spacial score (nSPS) is 17.2. The third kappa shape index (κ3) is 19.5. The zero-order valence-corrected chi connectivity index (χ0v) is 49.9. The molecule has 10 atom stereocenters. The van der Waals surface area contributed by atoms with Gasteiger partial charge in [-0.15, -0.1) is 20.4 Å². The molecule has 27 heteroatoms. The van der Waals surface area contributed by atoms with Gasteiger partial charge in [0.05, 0.1) is 66.9 Å². The predicted molar refractivity (Wildman–Crippen MR) is 300 cm³/mol. The molecule has 1 saturated heterocycles. The Hall–Kier alpha value is -5.21. The van der Waals surface area contributed by atoms with Gasteiger partial charge in [-0.25, -0.2) is 9.97 Å². The molecule has 1 aliphatic heterocycles. The van der Waals surface area contributed by atoms with Gasteiger partial charge >= 0.3 is 7.60 Å². The van der Waals surface area contributed by atoms with Gasteiger partial charge in [-0.05, 0) is 43.1 Å². The minimum Gasteiger partial charge on any atom is -0.386 e. The predicted octanol–water partition coefficient (Wildman–Crippen LogP) is 4.28. The van der Waals surface area contributed by atoms with Crippen LogP contribution in [-0.2, 0) is 49.0 Å². The van der Waals surface area contributed by atoms with Crippen molar-refractivity contribution in [3.63, 3.8) is 0 Å².